The predicted molar refractivity (Wildman–Crippen MR) is 71.4 cm³/mol. The van der Waals surface area contributed by atoms with Gasteiger partial charge in [-0.05, 0) is 37.8 Å². The summed E-state index contributed by atoms with van der Waals surface area (Å²) in [5.74, 6) is 1.06. The molecule has 2 N–H and O–H groups in total. The van der Waals surface area contributed by atoms with Gasteiger partial charge >= 0.3 is 0 Å². The predicted octanol–water partition coefficient (Wildman–Crippen LogP) is 3.71. The van der Waals surface area contributed by atoms with Gasteiger partial charge in [-0.15, -0.1) is 0 Å². The van der Waals surface area contributed by atoms with Crippen molar-refractivity contribution in [3.63, 3.8) is 0 Å². The molecule has 0 amide bonds. The zero-order chi connectivity index (χ0) is 12.3. The molecule has 0 aromatic heterocycles. The van der Waals surface area contributed by atoms with Crippen LogP contribution in [0.25, 0.3) is 0 Å². The summed E-state index contributed by atoms with van der Waals surface area (Å²) in [6.45, 7) is 2.87. The topological polar surface area (TPSA) is 32.3 Å². The molecule has 0 bridgehead atoms. The minimum absolute atomic E-state index is 0.281. The van der Waals surface area contributed by atoms with Gasteiger partial charge in [0.2, 0.25) is 0 Å². The molecule has 1 aliphatic carbocycles. The van der Waals surface area contributed by atoms with Gasteiger partial charge in [-0.2, -0.15) is 0 Å². The van der Waals surface area contributed by atoms with Crippen LogP contribution in [0.5, 0.6) is 5.75 Å². The monoisotopic (exact) mass is 253 g/mol. The molecule has 0 heterocycles. The number of nitrogens with one attached hydrogen (secondary N) is 1. The minimum atomic E-state index is 0.281. The quantitative estimate of drug-likeness (QED) is 0.857. The number of phenols is 1. The van der Waals surface area contributed by atoms with E-state index in [0.29, 0.717) is 17.6 Å². The van der Waals surface area contributed by atoms with Crippen LogP contribution in [-0.4, -0.2) is 11.1 Å². The molecule has 0 unspecified atom stereocenters. The van der Waals surface area contributed by atoms with E-state index >= 15 is 0 Å². The van der Waals surface area contributed by atoms with Crippen LogP contribution >= 0.6 is 11.6 Å². The zero-order valence-electron chi connectivity index (χ0n) is 10.2. The summed E-state index contributed by atoms with van der Waals surface area (Å²) in [7, 11) is 0. The Morgan fingerprint density at radius 1 is 1.41 bits per heavy atom. The standard InChI is InChI=1S/C14H20ClNO/c1-10(11-5-2-3-6-11)16-9-12-13(15)7-4-8-14(12)17/h4,7-8,10-11,16-17H,2-3,5-6,9H2,1H3/t10-/m0/s1. The number of hydrogen-bond donors (Lipinski definition) is 2. The van der Waals surface area contributed by atoms with Crippen molar-refractivity contribution in [2.45, 2.75) is 45.2 Å². The lowest BCUT2D eigenvalue weighted by atomic mass is 9.99. The molecule has 3 heteroatoms. The normalized spacial score (nSPS) is 18.5. The van der Waals surface area contributed by atoms with E-state index in [1.807, 2.05) is 6.07 Å². The second kappa shape index (κ2) is 5.74. The first-order chi connectivity index (χ1) is 8.18. The molecule has 1 fully saturated rings. The van der Waals surface area contributed by atoms with Crippen LogP contribution in [0.1, 0.15) is 38.2 Å². The van der Waals surface area contributed by atoms with Crippen molar-refractivity contribution in [2.75, 3.05) is 0 Å². The lowest BCUT2D eigenvalue weighted by molar-refractivity contribution is 0.376. The molecular weight excluding hydrogens is 234 g/mol. The Morgan fingerprint density at radius 2 is 2.12 bits per heavy atom. The molecular formula is C14H20ClNO. The molecule has 1 aliphatic rings. The summed E-state index contributed by atoms with van der Waals surface area (Å²) in [6.07, 6.45) is 5.35. The van der Waals surface area contributed by atoms with E-state index in [1.165, 1.54) is 25.7 Å². The first-order valence-corrected chi connectivity index (χ1v) is 6.76. The third-order valence-corrected chi connectivity index (χ3v) is 4.16. The van der Waals surface area contributed by atoms with E-state index in [0.717, 1.165) is 11.5 Å². The molecule has 0 radical (unpaired) electrons. The molecule has 1 atom stereocenters. The number of aromatic hydroxyl groups is 1. The number of rotatable bonds is 4. The summed E-state index contributed by atoms with van der Waals surface area (Å²) in [5.41, 5.74) is 0.805. The summed E-state index contributed by atoms with van der Waals surface area (Å²) >= 11 is 6.07. The second-order valence-corrected chi connectivity index (χ2v) is 5.36. The van der Waals surface area contributed by atoms with E-state index in [2.05, 4.69) is 12.2 Å². The Hall–Kier alpha value is -0.730. The SMILES string of the molecule is C[C@H](NCc1c(O)cccc1Cl)C1CCCC1. The Morgan fingerprint density at radius 3 is 2.76 bits per heavy atom. The lowest BCUT2D eigenvalue weighted by Crippen LogP contribution is -2.31. The van der Waals surface area contributed by atoms with Gasteiger partial charge in [-0.3, -0.25) is 0 Å². The van der Waals surface area contributed by atoms with Crippen LogP contribution in [0.3, 0.4) is 0 Å². The van der Waals surface area contributed by atoms with Crippen LogP contribution in [0.15, 0.2) is 18.2 Å². The smallest absolute Gasteiger partial charge is 0.121 e. The molecule has 0 spiro atoms. The summed E-state index contributed by atoms with van der Waals surface area (Å²) in [4.78, 5) is 0. The van der Waals surface area contributed by atoms with Crippen LogP contribution in [0.2, 0.25) is 5.02 Å². The van der Waals surface area contributed by atoms with Gasteiger partial charge < -0.3 is 10.4 Å². The minimum Gasteiger partial charge on any atom is -0.508 e. The van der Waals surface area contributed by atoms with E-state index < -0.39 is 0 Å². The first-order valence-electron chi connectivity index (χ1n) is 6.38. The number of hydrogen-bond acceptors (Lipinski definition) is 2. The van der Waals surface area contributed by atoms with Gasteiger partial charge in [0.05, 0.1) is 0 Å². The summed E-state index contributed by atoms with van der Waals surface area (Å²) in [6, 6.07) is 5.76. The van der Waals surface area contributed by atoms with Gasteiger partial charge in [0.25, 0.3) is 0 Å². The van der Waals surface area contributed by atoms with Gasteiger partial charge in [0.1, 0.15) is 5.75 Å². The lowest BCUT2D eigenvalue weighted by Gasteiger charge is -2.21. The summed E-state index contributed by atoms with van der Waals surface area (Å²) in [5, 5.41) is 13.9. The highest BCUT2D eigenvalue weighted by Crippen LogP contribution is 2.29. The fraction of sp³-hybridized carbons (Fsp3) is 0.571. The molecule has 0 saturated heterocycles. The van der Waals surface area contributed by atoms with E-state index in [-0.39, 0.29) is 5.75 Å². The van der Waals surface area contributed by atoms with Gasteiger partial charge in [0, 0.05) is 23.2 Å². The number of phenolic OH excluding ortho intramolecular Hbond substituents is 1. The number of benzene rings is 1. The van der Waals surface area contributed by atoms with E-state index in [1.54, 1.807) is 12.1 Å². The van der Waals surface area contributed by atoms with Gasteiger partial charge in [-0.1, -0.05) is 30.5 Å². The molecule has 1 saturated carbocycles. The van der Waals surface area contributed by atoms with Crippen molar-refractivity contribution < 1.29 is 5.11 Å². The largest absolute Gasteiger partial charge is 0.508 e. The van der Waals surface area contributed by atoms with Crippen LogP contribution in [-0.2, 0) is 6.54 Å². The Bertz CT molecular complexity index is 354. The third-order valence-electron chi connectivity index (χ3n) is 3.80. The van der Waals surface area contributed by atoms with Gasteiger partial charge in [-0.25, -0.2) is 0 Å². The fourth-order valence-electron chi connectivity index (χ4n) is 2.61. The molecule has 94 valence electrons. The van der Waals surface area contributed by atoms with Crippen LogP contribution in [0.4, 0.5) is 0 Å². The Kier molecular flexibility index (Phi) is 4.30. The maximum atomic E-state index is 9.75. The van der Waals surface area contributed by atoms with Crippen molar-refractivity contribution in [2.24, 2.45) is 5.92 Å². The third kappa shape index (κ3) is 3.14. The Balaban J connectivity index is 1.92. The molecule has 1 aromatic carbocycles. The highest BCUT2D eigenvalue weighted by Gasteiger charge is 2.21. The molecule has 1 aromatic rings. The van der Waals surface area contributed by atoms with Crippen molar-refractivity contribution in [1.29, 1.82) is 0 Å². The molecule has 2 rings (SSSR count). The second-order valence-electron chi connectivity index (χ2n) is 4.95. The van der Waals surface area contributed by atoms with Crippen molar-refractivity contribution in [1.82, 2.24) is 5.32 Å². The van der Waals surface area contributed by atoms with Crippen molar-refractivity contribution >= 4 is 11.6 Å². The molecule has 2 nitrogen and oxygen atoms in total. The van der Waals surface area contributed by atoms with Crippen molar-refractivity contribution in [3.8, 4) is 5.75 Å². The number of halogens is 1. The first kappa shape index (κ1) is 12.7. The maximum Gasteiger partial charge on any atom is 0.121 e. The van der Waals surface area contributed by atoms with E-state index in [9.17, 15) is 5.11 Å². The average Bonchev–Trinajstić information content (AvgIpc) is 2.81. The Labute approximate surface area is 108 Å². The van der Waals surface area contributed by atoms with Crippen LogP contribution < -0.4 is 5.32 Å². The fourth-order valence-corrected chi connectivity index (χ4v) is 2.85. The zero-order valence-corrected chi connectivity index (χ0v) is 11.0. The summed E-state index contributed by atoms with van der Waals surface area (Å²) < 4.78 is 0. The molecule has 17 heavy (non-hydrogen) atoms. The highest BCUT2D eigenvalue weighted by molar-refractivity contribution is 6.31. The highest BCUT2D eigenvalue weighted by atomic mass is 35.5. The van der Waals surface area contributed by atoms with Crippen molar-refractivity contribution in [3.05, 3.63) is 28.8 Å². The maximum absolute atomic E-state index is 9.75. The van der Waals surface area contributed by atoms with Crippen LogP contribution in [0, 0.1) is 5.92 Å². The van der Waals surface area contributed by atoms with E-state index in [4.69, 9.17) is 11.6 Å². The molecule has 0 aliphatic heterocycles. The average molecular weight is 254 g/mol. The van der Waals surface area contributed by atoms with Gasteiger partial charge in [0.15, 0.2) is 0 Å².